The molecule has 0 amide bonds. The maximum absolute atomic E-state index is 9.51. The van der Waals surface area contributed by atoms with E-state index in [4.69, 9.17) is 0 Å². The van der Waals surface area contributed by atoms with E-state index in [0.29, 0.717) is 6.54 Å². The van der Waals surface area contributed by atoms with Crippen LogP contribution in [0.2, 0.25) is 0 Å². The highest BCUT2D eigenvalue weighted by Gasteiger charge is 2.18. The Morgan fingerprint density at radius 2 is 2.36 bits per heavy atom. The third-order valence-electron chi connectivity index (χ3n) is 2.34. The Labute approximate surface area is 91.1 Å². The molecule has 4 nitrogen and oxygen atoms in total. The van der Waals surface area contributed by atoms with Crippen LogP contribution in [0.3, 0.4) is 0 Å². The predicted octanol–water partition coefficient (Wildman–Crippen LogP) is 1.20. The minimum atomic E-state index is -0.225. The fourth-order valence-electron chi connectivity index (χ4n) is 1.66. The van der Waals surface area contributed by atoms with Gasteiger partial charge in [-0.15, -0.1) is 0 Å². The zero-order valence-electron chi connectivity index (χ0n) is 7.73. The average molecular weight is 258 g/mol. The Balaban J connectivity index is 2.14. The van der Waals surface area contributed by atoms with Gasteiger partial charge in [-0.1, -0.05) is 0 Å². The lowest BCUT2D eigenvalue weighted by Gasteiger charge is -2.30. The molecule has 2 rings (SSSR count). The fourth-order valence-corrected chi connectivity index (χ4v) is 1.96. The van der Waals surface area contributed by atoms with Gasteiger partial charge in [-0.2, -0.15) is 0 Å². The van der Waals surface area contributed by atoms with Crippen molar-refractivity contribution in [3.8, 4) is 0 Å². The van der Waals surface area contributed by atoms with Crippen LogP contribution < -0.4 is 4.90 Å². The van der Waals surface area contributed by atoms with Gasteiger partial charge in [0.15, 0.2) is 0 Å². The Kier molecular flexibility index (Phi) is 2.98. The van der Waals surface area contributed by atoms with E-state index < -0.39 is 0 Å². The second-order valence-electron chi connectivity index (χ2n) is 3.44. The number of aliphatic hydroxyl groups is 1. The van der Waals surface area contributed by atoms with Gasteiger partial charge >= 0.3 is 0 Å². The number of β-amino-alcohol motifs (C(OH)–C–C–N with tert-alkyl or cyclic N) is 1. The number of aliphatic hydroxyl groups excluding tert-OH is 1. The van der Waals surface area contributed by atoms with E-state index in [0.717, 1.165) is 29.8 Å². The lowest BCUT2D eigenvalue weighted by molar-refractivity contribution is 0.154. The maximum Gasteiger partial charge on any atom is 0.133 e. The molecule has 1 aromatic rings. The van der Waals surface area contributed by atoms with E-state index in [1.807, 2.05) is 6.07 Å². The van der Waals surface area contributed by atoms with Crippen molar-refractivity contribution in [3.63, 3.8) is 0 Å². The molecule has 0 aromatic carbocycles. The van der Waals surface area contributed by atoms with Crippen molar-refractivity contribution in [2.45, 2.75) is 18.9 Å². The van der Waals surface area contributed by atoms with E-state index in [1.165, 1.54) is 6.33 Å². The third kappa shape index (κ3) is 2.22. The summed E-state index contributed by atoms with van der Waals surface area (Å²) in [5.41, 5.74) is 0. The summed E-state index contributed by atoms with van der Waals surface area (Å²) in [6, 6.07) is 1.87. The molecule has 76 valence electrons. The van der Waals surface area contributed by atoms with Crippen molar-refractivity contribution >= 4 is 21.7 Å². The molecule has 5 heteroatoms. The molecule has 1 atom stereocenters. The highest BCUT2D eigenvalue weighted by Crippen LogP contribution is 2.19. The molecule has 0 spiro atoms. The molecule has 1 aliphatic rings. The largest absolute Gasteiger partial charge is 0.391 e. The lowest BCUT2D eigenvalue weighted by atomic mass is 10.1. The summed E-state index contributed by atoms with van der Waals surface area (Å²) < 4.78 is 0.780. The summed E-state index contributed by atoms with van der Waals surface area (Å²) >= 11 is 3.30. The fraction of sp³-hybridized carbons (Fsp3) is 0.556. The number of piperidine rings is 1. The first-order valence-corrected chi connectivity index (χ1v) is 5.45. The van der Waals surface area contributed by atoms with Crippen molar-refractivity contribution in [2.75, 3.05) is 18.0 Å². The lowest BCUT2D eigenvalue weighted by Crippen LogP contribution is -2.38. The highest BCUT2D eigenvalue weighted by atomic mass is 79.9. The molecule has 1 aliphatic heterocycles. The van der Waals surface area contributed by atoms with Crippen LogP contribution in [0.25, 0.3) is 0 Å². The van der Waals surface area contributed by atoms with Gasteiger partial charge < -0.3 is 10.0 Å². The van der Waals surface area contributed by atoms with Crippen LogP contribution in [0.1, 0.15) is 12.8 Å². The SMILES string of the molecule is OC1CCCN(c2cc(Br)ncn2)C1. The summed E-state index contributed by atoms with van der Waals surface area (Å²) in [6.07, 6.45) is 3.21. The quantitative estimate of drug-likeness (QED) is 0.769. The molecule has 1 unspecified atom stereocenters. The van der Waals surface area contributed by atoms with E-state index in [9.17, 15) is 5.11 Å². The number of aromatic nitrogens is 2. The minimum absolute atomic E-state index is 0.225. The summed E-state index contributed by atoms with van der Waals surface area (Å²) in [5, 5.41) is 9.51. The van der Waals surface area contributed by atoms with Gasteiger partial charge in [0.1, 0.15) is 16.7 Å². The van der Waals surface area contributed by atoms with E-state index in [1.54, 1.807) is 0 Å². The minimum Gasteiger partial charge on any atom is -0.391 e. The molecular formula is C9H12BrN3O. The van der Waals surface area contributed by atoms with Crippen molar-refractivity contribution in [3.05, 3.63) is 17.0 Å². The number of nitrogens with zero attached hydrogens (tertiary/aromatic N) is 3. The molecule has 0 bridgehead atoms. The van der Waals surface area contributed by atoms with Crippen LogP contribution in [0.5, 0.6) is 0 Å². The summed E-state index contributed by atoms with van der Waals surface area (Å²) in [4.78, 5) is 10.2. The van der Waals surface area contributed by atoms with Crippen molar-refractivity contribution < 1.29 is 5.11 Å². The monoisotopic (exact) mass is 257 g/mol. The molecule has 0 saturated carbocycles. The van der Waals surface area contributed by atoms with Gasteiger partial charge in [-0.3, -0.25) is 0 Å². The highest BCUT2D eigenvalue weighted by molar-refractivity contribution is 9.10. The molecule has 0 aliphatic carbocycles. The second kappa shape index (κ2) is 4.23. The average Bonchev–Trinajstić information content (AvgIpc) is 2.18. The molecule has 2 heterocycles. The second-order valence-corrected chi connectivity index (χ2v) is 4.25. The molecule has 1 fully saturated rings. The van der Waals surface area contributed by atoms with Gasteiger partial charge in [0.05, 0.1) is 6.10 Å². The molecule has 1 aromatic heterocycles. The first-order chi connectivity index (χ1) is 6.75. The van der Waals surface area contributed by atoms with Crippen LogP contribution >= 0.6 is 15.9 Å². The molecule has 0 radical (unpaired) electrons. The Morgan fingerprint density at radius 3 is 3.07 bits per heavy atom. The van der Waals surface area contributed by atoms with Gasteiger partial charge in [-0.05, 0) is 28.8 Å². The number of anilines is 1. The van der Waals surface area contributed by atoms with Crippen LogP contribution in [0, 0.1) is 0 Å². The Bertz CT molecular complexity index is 321. The van der Waals surface area contributed by atoms with Crippen molar-refractivity contribution in [1.29, 1.82) is 0 Å². The zero-order valence-corrected chi connectivity index (χ0v) is 9.31. The normalized spacial score (nSPS) is 22.4. The first-order valence-electron chi connectivity index (χ1n) is 4.66. The van der Waals surface area contributed by atoms with Crippen LogP contribution in [-0.4, -0.2) is 34.3 Å². The molecule has 1 N–H and O–H groups in total. The van der Waals surface area contributed by atoms with Gasteiger partial charge in [0, 0.05) is 19.2 Å². The Hall–Kier alpha value is -0.680. The number of hydrogen-bond donors (Lipinski definition) is 1. The topological polar surface area (TPSA) is 49.2 Å². The van der Waals surface area contributed by atoms with Crippen molar-refractivity contribution in [1.82, 2.24) is 9.97 Å². The number of rotatable bonds is 1. The summed E-state index contributed by atoms with van der Waals surface area (Å²) in [7, 11) is 0. The van der Waals surface area contributed by atoms with E-state index in [2.05, 4.69) is 30.8 Å². The number of hydrogen-bond acceptors (Lipinski definition) is 4. The van der Waals surface area contributed by atoms with Gasteiger partial charge in [0.25, 0.3) is 0 Å². The summed E-state index contributed by atoms with van der Waals surface area (Å²) in [6.45, 7) is 1.63. The van der Waals surface area contributed by atoms with Crippen LogP contribution in [0.15, 0.2) is 17.0 Å². The summed E-state index contributed by atoms with van der Waals surface area (Å²) in [5.74, 6) is 0.880. The number of halogens is 1. The van der Waals surface area contributed by atoms with Crippen LogP contribution in [-0.2, 0) is 0 Å². The standard InChI is InChI=1S/C9H12BrN3O/c10-8-4-9(12-6-11-8)13-3-1-2-7(14)5-13/h4,6-7,14H,1-3,5H2. The molecule has 14 heavy (non-hydrogen) atoms. The van der Waals surface area contributed by atoms with Crippen molar-refractivity contribution in [2.24, 2.45) is 0 Å². The predicted molar refractivity (Wildman–Crippen MR) is 57.2 cm³/mol. The molecular weight excluding hydrogens is 246 g/mol. The maximum atomic E-state index is 9.51. The van der Waals surface area contributed by atoms with E-state index >= 15 is 0 Å². The van der Waals surface area contributed by atoms with Crippen LogP contribution in [0.4, 0.5) is 5.82 Å². The third-order valence-corrected chi connectivity index (χ3v) is 2.77. The Morgan fingerprint density at radius 1 is 1.50 bits per heavy atom. The molecule has 1 saturated heterocycles. The smallest absolute Gasteiger partial charge is 0.133 e. The van der Waals surface area contributed by atoms with Gasteiger partial charge in [-0.25, -0.2) is 9.97 Å². The van der Waals surface area contributed by atoms with Gasteiger partial charge in [0.2, 0.25) is 0 Å². The first kappa shape index (κ1) is 9.86. The van der Waals surface area contributed by atoms with E-state index in [-0.39, 0.29) is 6.10 Å². The zero-order chi connectivity index (χ0) is 9.97.